The van der Waals surface area contributed by atoms with Crippen molar-refractivity contribution in [3.05, 3.63) is 65.7 Å². The maximum Gasteiger partial charge on any atom is 0.122 e. The zero-order chi connectivity index (χ0) is 13.8. The molecule has 1 aliphatic rings. The molecule has 1 fully saturated rings. The molecule has 0 saturated carbocycles. The molecule has 104 valence electrons. The van der Waals surface area contributed by atoms with Crippen LogP contribution in [0.25, 0.3) is 0 Å². The fourth-order valence-corrected chi connectivity index (χ4v) is 3.25. The summed E-state index contributed by atoms with van der Waals surface area (Å²) in [6.07, 6.45) is 1.15. The lowest BCUT2D eigenvalue weighted by atomic mass is 9.77. The SMILES string of the molecule is COc1ccccc1C1CCNCC1c1ccccc1. The summed E-state index contributed by atoms with van der Waals surface area (Å²) in [5.41, 5.74) is 2.75. The normalized spacial score (nSPS) is 22.4. The number of piperidine rings is 1. The minimum absolute atomic E-state index is 0.515. The summed E-state index contributed by atoms with van der Waals surface area (Å²) >= 11 is 0. The van der Waals surface area contributed by atoms with Crippen molar-refractivity contribution in [2.45, 2.75) is 18.3 Å². The van der Waals surface area contributed by atoms with E-state index in [1.165, 1.54) is 11.1 Å². The van der Waals surface area contributed by atoms with Gasteiger partial charge in [-0.05, 0) is 36.1 Å². The van der Waals surface area contributed by atoms with E-state index in [0.29, 0.717) is 11.8 Å². The Bertz CT molecular complexity index is 552. The highest BCUT2D eigenvalue weighted by atomic mass is 16.5. The van der Waals surface area contributed by atoms with Gasteiger partial charge in [-0.15, -0.1) is 0 Å². The molecule has 1 heterocycles. The van der Waals surface area contributed by atoms with E-state index in [1.807, 2.05) is 6.07 Å². The van der Waals surface area contributed by atoms with E-state index in [0.717, 1.165) is 25.3 Å². The second kappa shape index (κ2) is 6.10. The smallest absolute Gasteiger partial charge is 0.122 e. The van der Waals surface area contributed by atoms with Crippen LogP contribution in [0.5, 0.6) is 5.75 Å². The first-order chi connectivity index (χ1) is 9.90. The highest BCUT2D eigenvalue weighted by molar-refractivity contribution is 5.39. The van der Waals surface area contributed by atoms with Gasteiger partial charge < -0.3 is 10.1 Å². The average Bonchev–Trinajstić information content (AvgIpc) is 2.55. The quantitative estimate of drug-likeness (QED) is 0.918. The molecule has 0 radical (unpaired) electrons. The number of para-hydroxylation sites is 1. The van der Waals surface area contributed by atoms with Crippen molar-refractivity contribution >= 4 is 0 Å². The molecule has 0 aromatic heterocycles. The molecule has 2 aromatic carbocycles. The number of ether oxygens (including phenoxy) is 1. The van der Waals surface area contributed by atoms with Gasteiger partial charge in [-0.1, -0.05) is 48.5 Å². The summed E-state index contributed by atoms with van der Waals surface area (Å²) in [5, 5.41) is 3.53. The van der Waals surface area contributed by atoms with Gasteiger partial charge in [0.2, 0.25) is 0 Å². The van der Waals surface area contributed by atoms with E-state index in [4.69, 9.17) is 4.74 Å². The van der Waals surface area contributed by atoms with Gasteiger partial charge in [0.25, 0.3) is 0 Å². The first-order valence-corrected chi connectivity index (χ1v) is 7.28. The maximum atomic E-state index is 5.56. The predicted molar refractivity (Wildman–Crippen MR) is 82.4 cm³/mol. The van der Waals surface area contributed by atoms with Gasteiger partial charge in [-0.25, -0.2) is 0 Å². The van der Waals surface area contributed by atoms with E-state index < -0.39 is 0 Å². The van der Waals surface area contributed by atoms with Gasteiger partial charge in [0.15, 0.2) is 0 Å². The minimum Gasteiger partial charge on any atom is -0.496 e. The summed E-state index contributed by atoms with van der Waals surface area (Å²) in [4.78, 5) is 0. The molecule has 2 atom stereocenters. The average molecular weight is 267 g/mol. The number of hydrogen-bond donors (Lipinski definition) is 1. The molecular formula is C18H21NO. The Kier molecular flexibility index (Phi) is 4.03. The first kappa shape index (κ1) is 13.2. The van der Waals surface area contributed by atoms with Crippen LogP contribution in [0.3, 0.4) is 0 Å². The van der Waals surface area contributed by atoms with Crippen LogP contribution in [0.2, 0.25) is 0 Å². The largest absolute Gasteiger partial charge is 0.496 e. The number of rotatable bonds is 3. The second-order valence-corrected chi connectivity index (χ2v) is 5.36. The van der Waals surface area contributed by atoms with E-state index in [1.54, 1.807) is 7.11 Å². The molecule has 3 rings (SSSR count). The third-order valence-electron chi connectivity index (χ3n) is 4.25. The maximum absolute atomic E-state index is 5.56. The predicted octanol–water partition coefficient (Wildman–Crippen LogP) is 3.56. The Morgan fingerprint density at radius 1 is 0.950 bits per heavy atom. The van der Waals surface area contributed by atoms with E-state index in [2.05, 4.69) is 53.8 Å². The lowest BCUT2D eigenvalue weighted by molar-refractivity contribution is 0.371. The highest BCUT2D eigenvalue weighted by Gasteiger charge is 2.29. The van der Waals surface area contributed by atoms with Crippen LogP contribution in [0.15, 0.2) is 54.6 Å². The third-order valence-corrected chi connectivity index (χ3v) is 4.25. The molecule has 0 bridgehead atoms. The summed E-state index contributed by atoms with van der Waals surface area (Å²) in [7, 11) is 1.76. The summed E-state index contributed by atoms with van der Waals surface area (Å²) in [6.45, 7) is 2.11. The Morgan fingerprint density at radius 3 is 2.50 bits per heavy atom. The minimum atomic E-state index is 0.515. The van der Waals surface area contributed by atoms with Gasteiger partial charge in [0, 0.05) is 12.5 Å². The van der Waals surface area contributed by atoms with Gasteiger partial charge in [-0.2, -0.15) is 0 Å². The number of methoxy groups -OCH3 is 1. The monoisotopic (exact) mass is 267 g/mol. The number of nitrogens with one attached hydrogen (secondary N) is 1. The summed E-state index contributed by atoms with van der Waals surface area (Å²) in [6, 6.07) is 19.2. The van der Waals surface area contributed by atoms with Gasteiger partial charge in [0.1, 0.15) is 5.75 Å². The Hall–Kier alpha value is -1.80. The molecule has 20 heavy (non-hydrogen) atoms. The van der Waals surface area contributed by atoms with Crippen LogP contribution in [-0.2, 0) is 0 Å². The molecule has 2 heteroatoms. The van der Waals surface area contributed by atoms with Crippen molar-refractivity contribution in [1.29, 1.82) is 0 Å². The van der Waals surface area contributed by atoms with Crippen LogP contribution in [-0.4, -0.2) is 20.2 Å². The van der Waals surface area contributed by atoms with Gasteiger partial charge >= 0.3 is 0 Å². The topological polar surface area (TPSA) is 21.3 Å². The van der Waals surface area contributed by atoms with Crippen LogP contribution < -0.4 is 10.1 Å². The zero-order valence-corrected chi connectivity index (χ0v) is 11.9. The van der Waals surface area contributed by atoms with Crippen LogP contribution in [0, 0.1) is 0 Å². The molecule has 1 aliphatic heterocycles. The molecule has 0 amide bonds. The van der Waals surface area contributed by atoms with E-state index >= 15 is 0 Å². The molecule has 2 aromatic rings. The summed E-state index contributed by atoms with van der Waals surface area (Å²) in [5.74, 6) is 2.05. The van der Waals surface area contributed by atoms with Crippen molar-refractivity contribution in [3.8, 4) is 5.75 Å². The molecule has 0 aliphatic carbocycles. The fraction of sp³-hybridized carbons (Fsp3) is 0.333. The van der Waals surface area contributed by atoms with Crippen molar-refractivity contribution in [2.24, 2.45) is 0 Å². The Morgan fingerprint density at radius 2 is 1.70 bits per heavy atom. The molecule has 1 saturated heterocycles. The molecule has 0 spiro atoms. The Balaban J connectivity index is 1.97. The number of benzene rings is 2. The van der Waals surface area contributed by atoms with Gasteiger partial charge in [-0.3, -0.25) is 0 Å². The van der Waals surface area contributed by atoms with Crippen molar-refractivity contribution < 1.29 is 4.74 Å². The van der Waals surface area contributed by atoms with E-state index in [9.17, 15) is 0 Å². The standard InChI is InChI=1S/C18H21NO/c1-20-18-10-6-5-9-16(18)15-11-12-19-13-17(15)14-7-3-2-4-8-14/h2-10,15,17,19H,11-13H2,1H3. The molecule has 1 N–H and O–H groups in total. The lowest BCUT2D eigenvalue weighted by Crippen LogP contribution is -2.34. The van der Waals surface area contributed by atoms with Crippen LogP contribution in [0.1, 0.15) is 29.4 Å². The van der Waals surface area contributed by atoms with Crippen molar-refractivity contribution in [3.63, 3.8) is 0 Å². The molecular weight excluding hydrogens is 246 g/mol. The molecule has 2 nitrogen and oxygen atoms in total. The van der Waals surface area contributed by atoms with Crippen LogP contribution in [0.4, 0.5) is 0 Å². The van der Waals surface area contributed by atoms with Crippen molar-refractivity contribution in [1.82, 2.24) is 5.32 Å². The van der Waals surface area contributed by atoms with Gasteiger partial charge in [0.05, 0.1) is 7.11 Å². The second-order valence-electron chi connectivity index (χ2n) is 5.36. The summed E-state index contributed by atoms with van der Waals surface area (Å²) < 4.78 is 5.56. The fourth-order valence-electron chi connectivity index (χ4n) is 3.25. The van der Waals surface area contributed by atoms with E-state index in [-0.39, 0.29) is 0 Å². The zero-order valence-electron chi connectivity index (χ0n) is 11.9. The van der Waals surface area contributed by atoms with Crippen LogP contribution >= 0.6 is 0 Å². The molecule has 2 unspecified atom stereocenters. The third kappa shape index (κ3) is 2.56. The Labute approximate surface area is 120 Å². The number of hydrogen-bond acceptors (Lipinski definition) is 2. The highest BCUT2D eigenvalue weighted by Crippen LogP contribution is 2.40. The van der Waals surface area contributed by atoms with Crippen molar-refractivity contribution in [2.75, 3.05) is 20.2 Å². The lowest BCUT2D eigenvalue weighted by Gasteiger charge is -2.33. The first-order valence-electron chi connectivity index (χ1n) is 7.28.